The number of aryl methyl sites for hydroxylation is 1. The van der Waals surface area contributed by atoms with Crippen LogP contribution in [0.2, 0.25) is 0 Å². The van der Waals surface area contributed by atoms with Gasteiger partial charge in [0.2, 0.25) is 0 Å². The van der Waals surface area contributed by atoms with Crippen molar-refractivity contribution in [2.24, 2.45) is 0 Å². The van der Waals surface area contributed by atoms with E-state index in [9.17, 15) is 4.79 Å². The molecule has 0 atom stereocenters. The molecule has 1 aromatic heterocycles. The number of nitrogens with zero attached hydrogens (tertiary/aromatic N) is 2. The fourth-order valence-electron chi connectivity index (χ4n) is 1.77. The Morgan fingerprint density at radius 3 is 2.89 bits per heavy atom. The molecule has 2 rings (SSSR count). The van der Waals surface area contributed by atoms with Gasteiger partial charge in [-0.15, -0.1) is 0 Å². The first-order chi connectivity index (χ1) is 9.19. The molecule has 1 heterocycles. The van der Waals surface area contributed by atoms with Gasteiger partial charge in [0.1, 0.15) is 12.4 Å². The zero-order chi connectivity index (χ0) is 13.7. The van der Waals surface area contributed by atoms with E-state index in [4.69, 9.17) is 9.84 Å². The zero-order valence-corrected chi connectivity index (χ0v) is 10.7. The van der Waals surface area contributed by atoms with E-state index in [1.54, 1.807) is 24.4 Å². The molecule has 1 aromatic carbocycles. The first-order valence-corrected chi connectivity index (χ1v) is 6.13. The van der Waals surface area contributed by atoms with Crippen LogP contribution in [0.3, 0.4) is 0 Å². The van der Waals surface area contributed by atoms with Crippen molar-refractivity contribution in [3.8, 4) is 5.75 Å². The van der Waals surface area contributed by atoms with Crippen molar-refractivity contribution >= 4 is 5.97 Å². The summed E-state index contributed by atoms with van der Waals surface area (Å²) < 4.78 is 7.49. The van der Waals surface area contributed by atoms with Gasteiger partial charge in [0.15, 0.2) is 0 Å². The number of carbonyl (C=O) groups is 1. The van der Waals surface area contributed by atoms with Gasteiger partial charge in [-0.25, -0.2) is 0 Å². The average molecular weight is 260 g/mol. The first kappa shape index (κ1) is 13.1. The summed E-state index contributed by atoms with van der Waals surface area (Å²) in [5.41, 5.74) is 1.64. The third-order valence-electron chi connectivity index (χ3n) is 2.72. The van der Waals surface area contributed by atoms with Crippen LogP contribution in [0.1, 0.15) is 18.1 Å². The molecule has 0 unspecified atom stereocenters. The standard InChI is InChI=1S/C14H16N2O3/c1-2-16-9-11(8-15-16)10-19-13-6-4-3-5-12(13)7-14(17)18/h3-6,8-9H,2,7,10H2,1H3,(H,17,18). The lowest BCUT2D eigenvalue weighted by Gasteiger charge is -2.09. The quantitative estimate of drug-likeness (QED) is 0.864. The maximum absolute atomic E-state index is 10.8. The molecule has 100 valence electrons. The van der Waals surface area contributed by atoms with E-state index in [0.29, 0.717) is 17.9 Å². The number of benzene rings is 1. The summed E-state index contributed by atoms with van der Waals surface area (Å²) in [6.45, 7) is 3.21. The second-order valence-electron chi connectivity index (χ2n) is 4.17. The number of rotatable bonds is 6. The monoisotopic (exact) mass is 260 g/mol. The summed E-state index contributed by atoms with van der Waals surface area (Å²) in [4.78, 5) is 10.8. The van der Waals surface area contributed by atoms with Crippen LogP contribution in [-0.4, -0.2) is 20.9 Å². The summed E-state index contributed by atoms with van der Waals surface area (Å²) in [5, 5.41) is 13.0. The van der Waals surface area contributed by atoms with Crippen LogP contribution >= 0.6 is 0 Å². The Bertz CT molecular complexity index is 563. The number of carboxylic acids is 1. The lowest BCUT2D eigenvalue weighted by atomic mass is 10.1. The Labute approximate surface area is 111 Å². The topological polar surface area (TPSA) is 64.3 Å². The Morgan fingerprint density at radius 2 is 2.21 bits per heavy atom. The molecule has 1 N–H and O–H groups in total. The third kappa shape index (κ3) is 3.58. The lowest BCUT2D eigenvalue weighted by molar-refractivity contribution is -0.136. The smallest absolute Gasteiger partial charge is 0.307 e. The number of ether oxygens (including phenoxy) is 1. The highest BCUT2D eigenvalue weighted by atomic mass is 16.5. The Morgan fingerprint density at radius 1 is 1.42 bits per heavy atom. The first-order valence-electron chi connectivity index (χ1n) is 6.13. The van der Waals surface area contributed by atoms with E-state index in [1.165, 1.54) is 0 Å². The van der Waals surface area contributed by atoms with Crippen LogP contribution in [0.25, 0.3) is 0 Å². The highest BCUT2D eigenvalue weighted by Gasteiger charge is 2.07. The van der Waals surface area contributed by atoms with Crippen molar-refractivity contribution < 1.29 is 14.6 Å². The Kier molecular flexibility index (Phi) is 4.18. The van der Waals surface area contributed by atoms with Gasteiger partial charge in [-0.2, -0.15) is 5.10 Å². The molecule has 0 aliphatic carbocycles. The molecule has 0 aliphatic heterocycles. The van der Waals surface area contributed by atoms with Gasteiger partial charge in [-0.05, 0) is 13.0 Å². The summed E-state index contributed by atoms with van der Waals surface area (Å²) in [7, 11) is 0. The second-order valence-corrected chi connectivity index (χ2v) is 4.17. The molecule has 0 amide bonds. The normalized spacial score (nSPS) is 10.4. The van der Waals surface area contributed by atoms with Gasteiger partial charge in [0, 0.05) is 23.9 Å². The number of carboxylic acid groups (broad SMARTS) is 1. The lowest BCUT2D eigenvalue weighted by Crippen LogP contribution is -2.03. The molecule has 0 aliphatic rings. The molecule has 5 heteroatoms. The molecule has 5 nitrogen and oxygen atoms in total. The van der Waals surface area contributed by atoms with E-state index in [0.717, 1.165) is 12.1 Å². The number of hydrogen-bond acceptors (Lipinski definition) is 3. The van der Waals surface area contributed by atoms with E-state index in [1.807, 2.05) is 23.9 Å². The van der Waals surface area contributed by atoms with E-state index >= 15 is 0 Å². The molecule has 0 fully saturated rings. The van der Waals surface area contributed by atoms with Crippen LogP contribution in [0.5, 0.6) is 5.75 Å². The molecule has 0 bridgehead atoms. The number of aliphatic carboxylic acids is 1. The maximum atomic E-state index is 10.8. The molecule has 2 aromatic rings. The summed E-state index contributed by atoms with van der Waals surface area (Å²) in [6, 6.07) is 7.18. The predicted molar refractivity (Wildman–Crippen MR) is 70.0 cm³/mol. The summed E-state index contributed by atoms with van der Waals surface area (Å²) in [5.74, 6) is -0.260. The minimum absolute atomic E-state index is 0.0373. The van der Waals surface area contributed by atoms with Crippen molar-refractivity contribution in [2.75, 3.05) is 0 Å². The fraction of sp³-hybridized carbons (Fsp3) is 0.286. The molecule has 0 saturated heterocycles. The number of para-hydroxylation sites is 1. The van der Waals surface area contributed by atoms with Crippen LogP contribution < -0.4 is 4.74 Å². The van der Waals surface area contributed by atoms with Gasteiger partial charge in [-0.1, -0.05) is 18.2 Å². The maximum Gasteiger partial charge on any atom is 0.307 e. The van der Waals surface area contributed by atoms with E-state index in [2.05, 4.69) is 5.10 Å². The van der Waals surface area contributed by atoms with Gasteiger partial charge >= 0.3 is 5.97 Å². The summed E-state index contributed by atoms with van der Waals surface area (Å²) >= 11 is 0. The molecule has 0 saturated carbocycles. The zero-order valence-electron chi connectivity index (χ0n) is 10.7. The van der Waals surface area contributed by atoms with Crippen LogP contribution in [-0.2, 0) is 24.4 Å². The SMILES string of the molecule is CCn1cc(COc2ccccc2CC(=O)O)cn1. The van der Waals surface area contributed by atoms with Crippen molar-refractivity contribution in [1.29, 1.82) is 0 Å². The van der Waals surface area contributed by atoms with Gasteiger partial charge < -0.3 is 9.84 Å². The molecule has 0 spiro atoms. The highest BCUT2D eigenvalue weighted by molar-refractivity contribution is 5.71. The van der Waals surface area contributed by atoms with Gasteiger partial charge in [0.25, 0.3) is 0 Å². The molecule has 19 heavy (non-hydrogen) atoms. The van der Waals surface area contributed by atoms with Crippen LogP contribution in [0.15, 0.2) is 36.7 Å². The number of aromatic nitrogens is 2. The molecular weight excluding hydrogens is 244 g/mol. The third-order valence-corrected chi connectivity index (χ3v) is 2.72. The average Bonchev–Trinajstić information content (AvgIpc) is 2.85. The molecule has 0 radical (unpaired) electrons. The summed E-state index contributed by atoms with van der Waals surface area (Å²) in [6.07, 6.45) is 3.63. The highest BCUT2D eigenvalue weighted by Crippen LogP contribution is 2.19. The van der Waals surface area contributed by atoms with Gasteiger partial charge in [-0.3, -0.25) is 9.48 Å². The largest absolute Gasteiger partial charge is 0.488 e. The minimum atomic E-state index is -0.866. The van der Waals surface area contributed by atoms with Crippen LogP contribution in [0.4, 0.5) is 0 Å². The van der Waals surface area contributed by atoms with E-state index < -0.39 is 5.97 Å². The Hall–Kier alpha value is -2.30. The van der Waals surface area contributed by atoms with Gasteiger partial charge in [0.05, 0.1) is 12.6 Å². The van der Waals surface area contributed by atoms with Crippen LogP contribution in [0, 0.1) is 0 Å². The predicted octanol–water partition coefficient (Wildman–Crippen LogP) is 2.11. The van der Waals surface area contributed by atoms with Crippen molar-refractivity contribution in [1.82, 2.24) is 9.78 Å². The van der Waals surface area contributed by atoms with E-state index in [-0.39, 0.29) is 6.42 Å². The number of hydrogen-bond donors (Lipinski definition) is 1. The Balaban J connectivity index is 2.04. The second kappa shape index (κ2) is 6.04. The molecular formula is C14H16N2O3. The van der Waals surface area contributed by atoms with Crippen molar-refractivity contribution in [3.05, 3.63) is 47.8 Å². The van der Waals surface area contributed by atoms with Crippen molar-refractivity contribution in [2.45, 2.75) is 26.5 Å². The van der Waals surface area contributed by atoms with Crippen molar-refractivity contribution in [3.63, 3.8) is 0 Å². The fourth-order valence-corrected chi connectivity index (χ4v) is 1.77. The minimum Gasteiger partial charge on any atom is -0.488 e.